The molecule has 2 aliphatic rings. The third-order valence-electron chi connectivity index (χ3n) is 6.38. The molecule has 2 saturated carbocycles. The topological polar surface area (TPSA) is 109 Å². The molecule has 0 aliphatic heterocycles. The fourth-order valence-electron chi connectivity index (χ4n) is 4.69. The maximum atomic E-state index is 13.4. The van der Waals surface area contributed by atoms with E-state index in [2.05, 4.69) is 25.8 Å². The lowest BCUT2D eigenvalue weighted by molar-refractivity contribution is -0.120. The minimum Gasteiger partial charge on any atom is -0.444 e. The quantitative estimate of drug-likeness (QED) is 0.565. The molecule has 0 aromatic carbocycles. The molecule has 2 heterocycles. The number of anilines is 1. The Bertz CT molecular complexity index is 1020. The van der Waals surface area contributed by atoms with Crippen molar-refractivity contribution in [2.24, 2.45) is 17.8 Å². The predicted octanol–water partition coefficient (Wildman–Crippen LogP) is 4.66. The zero-order valence-corrected chi connectivity index (χ0v) is 20.4. The van der Waals surface area contributed by atoms with E-state index in [1.807, 2.05) is 47.6 Å². The smallest absolute Gasteiger partial charge is 0.408 e. The standard InChI is InChI=1S/C25H35N5O3/c1-13-11-18(12-26-21(13)19-14(2)29-30-15(19)3)27-23(31)22(28-24(32)33-25(4,5)6)20(16-7-8-16)17-9-10-17/h11-12,16-17,20,22H,7-10H2,1-6H3,(H,27,31)(H,28,32)(H,29,30)/t22-/m0/s1. The van der Waals surface area contributed by atoms with Crippen molar-refractivity contribution in [1.29, 1.82) is 0 Å². The molecule has 178 valence electrons. The van der Waals surface area contributed by atoms with Crippen molar-refractivity contribution in [3.05, 3.63) is 29.2 Å². The van der Waals surface area contributed by atoms with Gasteiger partial charge in [0.05, 0.1) is 23.3 Å². The number of hydrogen-bond acceptors (Lipinski definition) is 5. The molecule has 4 rings (SSSR count). The molecule has 0 bridgehead atoms. The molecule has 2 amide bonds. The van der Waals surface area contributed by atoms with Crippen molar-refractivity contribution < 1.29 is 14.3 Å². The molecule has 2 fully saturated rings. The summed E-state index contributed by atoms with van der Waals surface area (Å²) < 4.78 is 5.47. The second-order valence-electron chi connectivity index (χ2n) is 10.6. The number of aryl methyl sites for hydroxylation is 3. The Hall–Kier alpha value is -2.90. The molecule has 33 heavy (non-hydrogen) atoms. The molecule has 2 aliphatic carbocycles. The molecule has 2 aromatic rings. The van der Waals surface area contributed by atoms with Crippen LogP contribution in [-0.4, -0.2) is 38.8 Å². The highest BCUT2D eigenvalue weighted by molar-refractivity contribution is 5.97. The highest BCUT2D eigenvalue weighted by Gasteiger charge is 2.48. The molecule has 1 atom stereocenters. The molecule has 0 spiro atoms. The summed E-state index contributed by atoms with van der Waals surface area (Å²) in [5.41, 5.74) is 4.60. The van der Waals surface area contributed by atoms with Gasteiger partial charge in [0, 0.05) is 11.3 Å². The molecule has 0 saturated heterocycles. The van der Waals surface area contributed by atoms with Crippen molar-refractivity contribution in [3.8, 4) is 11.3 Å². The van der Waals surface area contributed by atoms with E-state index in [-0.39, 0.29) is 11.8 Å². The van der Waals surface area contributed by atoms with E-state index >= 15 is 0 Å². The minimum absolute atomic E-state index is 0.141. The van der Waals surface area contributed by atoms with Crippen LogP contribution >= 0.6 is 0 Å². The monoisotopic (exact) mass is 453 g/mol. The Morgan fingerprint density at radius 3 is 2.24 bits per heavy atom. The van der Waals surface area contributed by atoms with Crippen LogP contribution in [0.3, 0.4) is 0 Å². The van der Waals surface area contributed by atoms with Crippen LogP contribution in [-0.2, 0) is 9.53 Å². The largest absolute Gasteiger partial charge is 0.444 e. The number of rotatable bonds is 7. The fourth-order valence-corrected chi connectivity index (χ4v) is 4.69. The lowest BCUT2D eigenvalue weighted by Gasteiger charge is -2.29. The zero-order valence-electron chi connectivity index (χ0n) is 20.4. The Morgan fingerprint density at radius 1 is 1.12 bits per heavy atom. The number of aromatic amines is 1. The van der Waals surface area contributed by atoms with Gasteiger partial charge in [-0.25, -0.2) is 4.79 Å². The summed E-state index contributed by atoms with van der Waals surface area (Å²) in [6.45, 7) is 11.3. The highest BCUT2D eigenvalue weighted by atomic mass is 16.6. The average Bonchev–Trinajstić information content (AvgIpc) is 3.62. The van der Waals surface area contributed by atoms with Crippen molar-refractivity contribution in [1.82, 2.24) is 20.5 Å². The first kappa shape index (κ1) is 23.3. The molecule has 2 aromatic heterocycles. The van der Waals surface area contributed by atoms with Crippen molar-refractivity contribution in [3.63, 3.8) is 0 Å². The number of nitrogens with zero attached hydrogens (tertiary/aromatic N) is 2. The van der Waals surface area contributed by atoms with E-state index in [0.29, 0.717) is 17.5 Å². The summed E-state index contributed by atoms with van der Waals surface area (Å²) >= 11 is 0. The summed E-state index contributed by atoms with van der Waals surface area (Å²) in [7, 11) is 0. The molecular formula is C25H35N5O3. The van der Waals surface area contributed by atoms with E-state index in [1.54, 1.807) is 6.20 Å². The minimum atomic E-state index is -0.627. The Labute approximate surface area is 195 Å². The van der Waals surface area contributed by atoms with Gasteiger partial charge < -0.3 is 15.4 Å². The number of amides is 2. The molecule has 8 heteroatoms. The van der Waals surface area contributed by atoms with Gasteiger partial charge in [0.15, 0.2) is 0 Å². The van der Waals surface area contributed by atoms with Gasteiger partial charge in [-0.05, 0) is 96.6 Å². The Balaban J connectivity index is 1.54. The SMILES string of the molecule is Cc1cc(NC(=O)[C@@H](NC(=O)OC(C)(C)C)C(C2CC2)C2CC2)cnc1-c1c(C)n[nH]c1C. The number of alkyl carbamates (subject to hydrolysis) is 1. The van der Waals surface area contributed by atoms with Gasteiger partial charge in [0.2, 0.25) is 5.91 Å². The maximum absolute atomic E-state index is 13.4. The highest BCUT2D eigenvalue weighted by Crippen LogP contribution is 2.51. The number of carbonyl (C=O) groups is 2. The zero-order chi connectivity index (χ0) is 23.9. The average molecular weight is 454 g/mol. The Kier molecular flexibility index (Phi) is 6.20. The molecule has 3 N–H and O–H groups in total. The van der Waals surface area contributed by atoms with Crippen LogP contribution in [0.1, 0.15) is 63.4 Å². The first-order chi connectivity index (χ1) is 15.5. The molecule has 8 nitrogen and oxygen atoms in total. The van der Waals surface area contributed by atoms with Crippen LogP contribution < -0.4 is 10.6 Å². The van der Waals surface area contributed by atoms with Gasteiger partial charge in [0.25, 0.3) is 0 Å². The third-order valence-corrected chi connectivity index (χ3v) is 6.38. The molecular weight excluding hydrogens is 418 g/mol. The van der Waals surface area contributed by atoms with Gasteiger partial charge in [-0.3, -0.25) is 14.9 Å². The lowest BCUT2D eigenvalue weighted by atomic mass is 9.88. The second kappa shape index (κ2) is 8.80. The number of hydrogen-bond donors (Lipinski definition) is 3. The third kappa shape index (κ3) is 5.54. The van der Waals surface area contributed by atoms with E-state index in [0.717, 1.165) is 53.9 Å². The van der Waals surface area contributed by atoms with Gasteiger partial charge in [-0.15, -0.1) is 0 Å². The normalized spacial score (nSPS) is 17.1. The van der Waals surface area contributed by atoms with Crippen LogP contribution in [0.2, 0.25) is 0 Å². The maximum Gasteiger partial charge on any atom is 0.408 e. The number of aromatic nitrogens is 3. The van der Waals surface area contributed by atoms with E-state index in [9.17, 15) is 9.59 Å². The number of ether oxygens (including phenoxy) is 1. The van der Waals surface area contributed by atoms with Gasteiger partial charge in [-0.1, -0.05) is 0 Å². The fraction of sp³-hybridized carbons (Fsp3) is 0.600. The van der Waals surface area contributed by atoms with E-state index in [1.165, 1.54) is 0 Å². The first-order valence-electron chi connectivity index (χ1n) is 11.8. The van der Waals surface area contributed by atoms with Crippen molar-refractivity contribution in [2.45, 2.75) is 78.9 Å². The summed E-state index contributed by atoms with van der Waals surface area (Å²) in [6, 6.07) is 1.29. The van der Waals surface area contributed by atoms with Gasteiger partial charge >= 0.3 is 6.09 Å². The number of nitrogens with one attached hydrogen (secondary N) is 3. The van der Waals surface area contributed by atoms with Crippen LogP contribution in [0.5, 0.6) is 0 Å². The van der Waals surface area contributed by atoms with Crippen LogP contribution in [0.15, 0.2) is 12.3 Å². The number of pyridine rings is 1. The number of carbonyl (C=O) groups excluding carboxylic acids is 2. The predicted molar refractivity (Wildman–Crippen MR) is 127 cm³/mol. The van der Waals surface area contributed by atoms with Crippen molar-refractivity contribution in [2.75, 3.05) is 5.32 Å². The van der Waals surface area contributed by atoms with Crippen LogP contribution in [0.25, 0.3) is 11.3 Å². The van der Waals surface area contributed by atoms with Crippen LogP contribution in [0.4, 0.5) is 10.5 Å². The summed E-state index contributed by atoms with van der Waals surface area (Å²) in [6.07, 6.45) is 5.56. The Morgan fingerprint density at radius 2 is 1.76 bits per heavy atom. The van der Waals surface area contributed by atoms with E-state index < -0.39 is 17.7 Å². The van der Waals surface area contributed by atoms with Crippen LogP contribution in [0, 0.1) is 38.5 Å². The van der Waals surface area contributed by atoms with E-state index in [4.69, 9.17) is 4.74 Å². The summed E-state index contributed by atoms with van der Waals surface area (Å²) in [5, 5.41) is 13.1. The van der Waals surface area contributed by atoms with Crippen molar-refractivity contribution >= 4 is 17.7 Å². The lowest BCUT2D eigenvalue weighted by Crippen LogP contribution is -2.51. The number of H-pyrrole nitrogens is 1. The molecule has 0 unspecified atom stereocenters. The molecule has 0 radical (unpaired) electrons. The summed E-state index contributed by atoms with van der Waals surface area (Å²) in [5.74, 6) is 0.895. The first-order valence-corrected chi connectivity index (χ1v) is 11.8. The summed E-state index contributed by atoms with van der Waals surface area (Å²) in [4.78, 5) is 30.6. The second-order valence-corrected chi connectivity index (χ2v) is 10.6. The van der Waals surface area contributed by atoms with Gasteiger partial charge in [0.1, 0.15) is 11.6 Å². The van der Waals surface area contributed by atoms with Gasteiger partial charge in [-0.2, -0.15) is 5.10 Å².